The molecule has 2 N–H and O–H groups in total. The van der Waals surface area contributed by atoms with Crippen molar-refractivity contribution in [1.82, 2.24) is 9.88 Å². The monoisotopic (exact) mass is 647 g/mol. The first kappa shape index (κ1) is 33.1. The summed E-state index contributed by atoms with van der Waals surface area (Å²) >= 11 is 0. The van der Waals surface area contributed by atoms with Crippen molar-refractivity contribution in [2.24, 2.45) is 0 Å². The molecule has 1 amide bonds. The first-order chi connectivity index (χ1) is 23.1. The van der Waals surface area contributed by atoms with Gasteiger partial charge in [0.15, 0.2) is 5.78 Å². The number of aromatic nitrogens is 1. The van der Waals surface area contributed by atoms with Crippen molar-refractivity contribution in [3.63, 3.8) is 0 Å². The summed E-state index contributed by atoms with van der Waals surface area (Å²) in [6.07, 6.45) is 8.77. The molecule has 1 saturated carbocycles. The number of aliphatic carboxylic acids is 1. The van der Waals surface area contributed by atoms with E-state index in [2.05, 4.69) is 46.1 Å². The van der Waals surface area contributed by atoms with Crippen LogP contribution in [0.15, 0.2) is 66.7 Å². The average molecular weight is 648 g/mol. The Morgan fingerprint density at radius 3 is 2.44 bits per heavy atom. The smallest absolute Gasteiger partial charge is 0.328 e. The maximum atomic E-state index is 13.8. The predicted octanol–water partition coefficient (Wildman–Crippen LogP) is 7.62. The molecule has 8 heteroatoms. The average Bonchev–Trinajstić information content (AvgIpc) is 3.32. The highest BCUT2D eigenvalue weighted by molar-refractivity contribution is 6.04. The Hall–Kier alpha value is -4.85. The summed E-state index contributed by atoms with van der Waals surface area (Å²) in [5.74, 6) is -0.0939. The highest BCUT2D eigenvalue weighted by atomic mass is 16.5. The van der Waals surface area contributed by atoms with Crippen LogP contribution < -0.4 is 15.0 Å². The third-order valence-electron chi connectivity index (χ3n) is 9.87. The van der Waals surface area contributed by atoms with Crippen LogP contribution in [-0.2, 0) is 22.6 Å². The summed E-state index contributed by atoms with van der Waals surface area (Å²) in [7, 11) is 2.13. The van der Waals surface area contributed by atoms with Gasteiger partial charge in [0.25, 0.3) is 5.91 Å². The first-order valence-corrected chi connectivity index (χ1v) is 17.1. The van der Waals surface area contributed by atoms with Crippen molar-refractivity contribution < 1.29 is 24.2 Å². The van der Waals surface area contributed by atoms with Crippen LogP contribution in [0, 0.1) is 0 Å². The van der Waals surface area contributed by atoms with Gasteiger partial charge in [0, 0.05) is 66.4 Å². The van der Waals surface area contributed by atoms with E-state index in [1.165, 1.54) is 47.5 Å². The SMILES string of the molecule is CCOc1ccc2c(c1)N(C)CCn1c-2c(C2CCCCC2)c2ccc(C(=O)NC(C)(C)C(=O)Cc3ccc(/C=C/C(=O)O)cc3)cc21. The zero-order valence-electron chi connectivity index (χ0n) is 28.3. The molecule has 48 heavy (non-hydrogen) atoms. The molecule has 2 aliphatic rings. The van der Waals surface area contributed by atoms with Gasteiger partial charge in [-0.2, -0.15) is 0 Å². The van der Waals surface area contributed by atoms with E-state index < -0.39 is 11.5 Å². The molecule has 250 valence electrons. The summed E-state index contributed by atoms with van der Waals surface area (Å²) in [5.41, 5.74) is 6.99. The van der Waals surface area contributed by atoms with E-state index in [1.807, 2.05) is 19.1 Å². The van der Waals surface area contributed by atoms with Crippen LogP contribution in [-0.4, -0.2) is 53.1 Å². The van der Waals surface area contributed by atoms with Gasteiger partial charge in [0.05, 0.1) is 17.8 Å². The molecule has 3 aromatic carbocycles. The topological polar surface area (TPSA) is 101 Å². The summed E-state index contributed by atoms with van der Waals surface area (Å²) < 4.78 is 8.29. The molecule has 0 bridgehead atoms. The summed E-state index contributed by atoms with van der Waals surface area (Å²) in [4.78, 5) is 40.3. The summed E-state index contributed by atoms with van der Waals surface area (Å²) in [5, 5.41) is 13.1. The molecule has 1 aromatic heterocycles. The summed E-state index contributed by atoms with van der Waals surface area (Å²) in [6, 6.07) is 19.6. The lowest BCUT2D eigenvalue weighted by atomic mass is 9.81. The van der Waals surface area contributed by atoms with Crippen molar-refractivity contribution in [1.29, 1.82) is 0 Å². The Labute approximate surface area is 282 Å². The standard InChI is InChI=1S/C40H45N3O5/c1-5-48-30-17-19-32-33(25-30)42(4)21-22-43-34-24-29(16-18-31(34)37(38(32)43)28-9-7-6-8-10-28)39(47)41-40(2,3)35(44)23-27-13-11-26(12-14-27)15-20-36(45)46/h11-20,24-25,28H,5-10,21-23H2,1-4H3,(H,41,47)(H,45,46)/b20-15+. The maximum absolute atomic E-state index is 13.8. The molecule has 0 unspecified atom stereocenters. The fourth-order valence-corrected chi connectivity index (χ4v) is 7.25. The number of rotatable bonds is 10. The number of nitrogens with zero attached hydrogens (tertiary/aromatic N) is 2. The Bertz CT molecular complexity index is 1880. The number of carbonyl (C=O) groups is 3. The largest absolute Gasteiger partial charge is 0.494 e. The Balaban J connectivity index is 1.31. The third kappa shape index (κ3) is 6.75. The van der Waals surface area contributed by atoms with Crippen LogP contribution in [0.5, 0.6) is 5.75 Å². The molecule has 0 atom stereocenters. The Kier molecular flexibility index (Phi) is 9.45. The lowest BCUT2D eigenvalue weighted by Crippen LogP contribution is -2.50. The minimum Gasteiger partial charge on any atom is -0.494 e. The molecule has 1 aliphatic carbocycles. The summed E-state index contributed by atoms with van der Waals surface area (Å²) in [6.45, 7) is 7.70. The van der Waals surface area contributed by atoms with Gasteiger partial charge in [-0.25, -0.2) is 4.79 Å². The zero-order chi connectivity index (χ0) is 34.0. The molecule has 1 aliphatic heterocycles. The molecule has 0 saturated heterocycles. The number of carbonyl (C=O) groups excluding carboxylic acids is 2. The molecular weight excluding hydrogens is 602 g/mol. The molecule has 1 fully saturated rings. The van der Waals surface area contributed by atoms with Crippen LogP contribution >= 0.6 is 0 Å². The van der Waals surface area contributed by atoms with E-state index in [-0.39, 0.29) is 18.1 Å². The van der Waals surface area contributed by atoms with E-state index in [9.17, 15) is 14.4 Å². The van der Waals surface area contributed by atoms with E-state index in [4.69, 9.17) is 9.84 Å². The van der Waals surface area contributed by atoms with Crippen LogP contribution in [0.3, 0.4) is 0 Å². The van der Waals surface area contributed by atoms with Crippen molar-refractivity contribution in [2.45, 2.75) is 77.3 Å². The zero-order valence-corrected chi connectivity index (χ0v) is 28.3. The highest BCUT2D eigenvalue weighted by Crippen LogP contribution is 2.48. The van der Waals surface area contributed by atoms with Crippen molar-refractivity contribution in [2.75, 3.05) is 25.1 Å². The quantitative estimate of drug-likeness (QED) is 0.172. The van der Waals surface area contributed by atoms with Gasteiger partial charge < -0.3 is 24.6 Å². The van der Waals surface area contributed by atoms with Crippen molar-refractivity contribution in [3.8, 4) is 17.0 Å². The van der Waals surface area contributed by atoms with Crippen molar-refractivity contribution >= 4 is 40.3 Å². The molecule has 6 rings (SSSR count). The second-order valence-corrected chi connectivity index (χ2v) is 13.6. The van der Waals surface area contributed by atoms with Crippen LogP contribution in [0.1, 0.15) is 85.8 Å². The number of carboxylic acids is 1. The fourth-order valence-electron chi connectivity index (χ4n) is 7.25. The third-order valence-corrected chi connectivity index (χ3v) is 9.87. The number of Topliss-reactive ketones (excluding diaryl/α,β-unsaturated/α-hetero) is 1. The normalized spacial score (nSPS) is 15.2. The molecule has 8 nitrogen and oxygen atoms in total. The van der Waals surface area contributed by atoms with E-state index in [0.29, 0.717) is 18.1 Å². The fraction of sp³-hybridized carbons (Fsp3) is 0.375. The number of likely N-dealkylation sites (N-methyl/N-ethyl adjacent to an activating group) is 1. The number of nitrogens with one attached hydrogen (secondary N) is 1. The van der Waals surface area contributed by atoms with E-state index in [1.54, 1.807) is 38.1 Å². The predicted molar refractivity (Wildman–Crippen MR) is 191 cm³/mol. The lowest BCUT2D eigenvalue weighted by molar-refractivity contribution is -0.131. The number of ether oxygens (including phenoxy) is 1. The van der Waals surface area contributed by atoms with Gasteiger partial charge in [0.1, 0.15) is 5.75 Å². The van der Waals surface area contributed by atoms with Gasteiger partial charge >= 0.3 is 5.97 Å². The second-order valence-electron chi connectivity index (χ2n) is 13.6. The van der Waals surface area contributed by atoms with Crippen LogP contribution in [0.2, 0.25) is 0 Å². The van der Waals surface area contributed by atoms with Crippen molar-refractivity contribution in [3.05, 3.63) is 89.0 Å². The van der Waals surface area contributed by atoms with Crippen LogP contribution in [0.4, 0.5) is 5.69 Å². The second kappa shape index (κ2) is 13.7. The van der Waals surface area contributed by atoms with E-state index in [0.717, 1.165) is 60.1 Å². The molecule has 0 spiro atoms. The number of hydrogen-bond acceptors (Lipinski definition) is 5. The molecule has 4 aromatic rings. The number of hydrogen-bond donors (Lipinski definition) is 2. The van der Waals surface area contributed by atoms with Gasteiger partial charge in [-0.1, -0.05) is 49.6 Å². The number of fused-ring (bicyclic) bond motifs is 5. The first-order valence-electron chi connectivity index (χ1n) is 17.1. The Morgan fingerprint density at radius 2 is 1.73 bits per heavy atom. The Morgan fingerprint density at radius 1 is 0.979 bits per heavy atom. The molecule has 2 heterocycles. The maximum Gasteiger partial charge on any atom is 0.328 e. The number of anilines is 1. The number of benzene rings is 3. The van der Waals surface area contributed by atoms with Gasteiger partial charge in [-0.15, -0.1) is 0 Å². The van der Waals surface area contributed by atoms with Gasteiger partial charge in [-0.05, 0) is 86.6 Å². The van der Waals surface area contributed by atoms with E-state index >= 15 is 0 Å². The minimum atomic E-state index is -1.10. The van der Waals surface area contributed by atoms with Gasteiger partial charge in [0.2, 0.25) is 0 Å². The molecule has 0 radical (unpaired) electrons. The molecular formula is C40H45N3O5. The minimum absolute atomic E-state index is 0.118. The highest BCUT2D eigenvalue weighted by Gasteiger charge is 2.32. The number of amides is 1. The lowest BCUT2D eigenvalue weighted by Gasteiger charge is -2.25. The van der Waals surface area contributed by atoms with Crippen LogP contribution in [0.25, 0.3) is 28.2 Å². The number of ketones is 1. The number of carboxylic acid groups (broad SMARTS) is 1. The van der Waals surface area contributed by atoms with Gasteiger partial charge in [-0.3, -0.25) is 9.59 Å².